The van der Waals surface area contributed by atoms with E-state index in [0.717, 1.165) is 10.0 Å². The van der Waals surface area contributed by atoms with Gasteiger partial charge in [0.2, 0.25) is 11.0 Å². The fraction of sp³-hybridized carbons (Fsp3) is 0.312. The number of carbonyl (C=O) groups is 1. The van der Waals surface area contributed by atoms with Crippen molar-refractivity contribution in [1.29, 1.82) is 0 Å². The second kappa shape index (κ2) is 8.56. The number of hydrogen-bond donors (Lipinski definition) is 2. The highest BCUT2D eigenvalue weighted by atomic mass is 32.2. The zero-order valence-electron chi connectivity index (χ0n) is 13.0. The van der Waals surface area contributed by atoms with Crippen molar-refractivity contribution in [1.82, 2.24) is 15.5 Å². The molecule has 1 heterocycles. The summed E-state index contributed by atoms with van der Waals surface area (Å²) in [5, 5.41) is 14.7. The molecule has 1 aromatic carbocycles. The molecule has 0 fully saturated rings. The summed E-state index contributed by atoms with van der Waals surface area (Å²) in [6.07, 6.45) is 5.09. The molecule has 2 rings (SSSR count). The number of nitrogens with one attached hydrogen (secondary N) is 2. The Bertz CT molecular complexity index is 689. The normalized spacial score (nSPS) is 10.3. The monoisotopic (exact) mass is 346 g/mol. The molecule has 0 saturated carbocycles. The van der Waals surface area contributed by atoms with Gasteiger partial charge in [-0.25, -0.2) is 0 Å². The summed E-state index contributed by atoms with van der Waals surface area (Å²) in [6.45, 7) is 4.57. The Labute approximate surface area is 144 Å². The standard InChI is InChI=1S/C16H18N4OS2/c1-4-9-17-14(21)10-22-16-20-19-15(23-16)18-13-7-5-12(6-8-13)11(2)3/h1,5-8,11H,9-10H2,2-3H3,(H,17,21)(H,18,19). The highest BCUT2D eigenvalue weighted by Gasteiger charge is 2.08. The number of nitrogens with zero attached hydrogens (tertiary/aromatic N) is 2. The largest absolute Gasteiger partial charge is 0.344 e. The highest BCUT2D eigenvalue weighted by Crippen LogP contribution is 2.28. The first kappa shape index (κ1) is 17.3. The Morgan fingerprint density at radius 2 is 2.09 bits per heavy atom. The average Bonchev–Trinajstić information content (AvgIpc) is 2.99. The van der Waals surface area contributed by atoms with Crippen LogP contribution in [-0.2, 0) is 4.79 Å². The Morgan fingerprint density at radius 3 is 2.74 bits per heavy atom. The van der Waals surface area contributed by atoms with E-state index in [0.29, 0.717) is 11.0 Å². The number of thioether (sulfide) groups is 1. The molecule has 0 atom stereocenters. The van der Waals surface area contributed by atoms with Gasteiger partial charge in [-0.2, -0.15) is 0 Å². The summed E-state index contributed by atoms with van der Waals surface area (Å²) in [6, 6.07) is 8.24. The van der Waals surface area contributed by atoms with Crippen LogP contribution in [0.1, 0.15) is 25.3 Å². The van der Waals surface area contributed by atoms with Gasteiger partial charge in [0.05, 0.1) is 12.3 Å². The summed E-state index contributed by atoms with van der Waals surface area (Å²) < 4.78 is 0.738. The van der Waals surface area contributed by atoms with Crippen molar-refractivity contribution >= 4 is 39.8 Å². The van der Waals surface area contributed by atoms with E-state index in [9.17, 15) is 4.79 Å². The van der Waals surface area contributed by atoms with Crippen molar-refractivity contribution in [2.24, 2.45) is 0 Å². The molecule has 2 N–H and O–H groups in total. The van der Waals surface area contributed by atoms with E-state index in [1.165, 1.54) is 28.7 Å². The van der Waals surface area contributed by atoms with Gasteiger partial charge in [0.25, 0.3) is 0 Å². The molecule has 0 unspecified atom stereocenters. The number of rotatable bonds is 7. The van der Waals surface area contributed by atoms with E-state index in [-0.39, 0.29) is 18.2 Å². The number of hydrogen-bond acceptors (Lipinski definition) is 6. The molecular weight excluding hydrogens is 328 g/mol. The molecular formula is C16H18N4OS2. The molecule has 7 heteroatoms. The summed E-state index contributed by atoms with van der Waals surface area (Å²) in [7, 11) is 0. The van der Waals surface area contributed by atoms with Crippen molar-refractivity contribution in [2.45, 2.75) is 24.1 Å². The summed E-state index contributed by atoms with van der Waals surface area (Å²) in [5.41, 5.74) is 2.26. The van der Waals surface area contributed by atoms with Gasteiger partial charge in [0.1, 0.15) is 0 Å². The van der Waals surface area contributed by atoms with Gasteiger partial charge < -0.3 is 10.6 Å². The molecule has 0 aliphatic rings. The molecule has 0 aliphatic heterocycles. The van der Waals surface area contributed by atoms with Crippen LogP contribution < -0.4 is 10.6 Å². The van der Waals surface area contributed by atoms with E-state index < -0.39 is 0 Å². The number of aromatic nitrogens is 2. The minimum absolute atomic E-state index is 0.109. The second-order valence-corrected chi connectivity index (χ2v) is 7.24. The van der Waals surface area contributed by atoms with Gasteiger partial charge in [-0.3, -0.25) is 4.79 Å². The molecule has 120 valence electrons. The van der Waals surface area contributed by atoms with Crippen LogP contribution >= 0.6 is 23.1 Å². The third-order valence-corrected chi connectivity index (χ3v) is 4.92. The van der Waals surface area contributed by atoms with Crippen molar-refractivity contribution in [3.05, 3.63) is 29.8 Å². The van der Waals surface area contributed by atoms with Crippen LogP contribution in [0.15, 0.2) is 28.6 Å². The van der Waals surface area contributed by atoms with Crippen molar-refractivity contribution in [2.75, 3.05) is 17.6 Å². The van der Waals surface area contributed by atoms with Crippen LogP contribution in [0.3, 0.4) is 0 Å². The van der Waals surface area contributed by atoms with Crippen molar-refractivity contribution in [3.63, 3.8) is 0 Å². The first-order valence-corrected chi connectivity index (χ1v) is 8.92. The van der Waals surface area contributed by atoms with Crippen LogP contribution in [0.5, 0.6) is 0 Å². The molecule has 0 aliphatic carbocycles. The first-order chi connectivity index (χ1) is 11.1. The second-order valence-electron chi connectivity index (χ2n) is 5.04. The first-order valence-electron chi connectivity index (χ1n) is 7.12. The maximum atomic E-state index is 11.5. The van der Waals surface area contributed by atoms with E-state index in [1.807, 2.05) is 12.1 Å². The van der Waals surface area contributed by atoms with Crippen LogP contribution in [0, 0.1) is 12.3 Å². The van der Waals surface area contributed by atoms with Crippen molar-refractivity contribution < 1.29 is 4.79 Å². The summed E-state index contributed by atoms with van der Waals surface area (Å²) >= 11 is 2.75. The molecule has 0 radical (unpaired) electrons. The molecule has 1 amide bonds. The van der Waals surface area contributed by atoms with E-state index in [1.54, 1.807) is 0 Å². The van der Waals surface area contributed by atoms with Gasteiger partial charge in [0, 0.05) is 5.69 Å². The van der Waals surface area contributed by atoms with Crippen LogP contribution in [0.2, 0.25) is 0 Å². The Morgan fingerprint density at radius 1 is 1.35 bits per heavy atom. The van der Waals surface area contributed by atoms with Crippen LogP contribution in [0.25, 0.3) is 0 Å². The lowest BCUT2D eigenvalue weighted by Crippen LogP contribution is -2.25. The SMILES string of the molecule is C#CCNC(=O)CSc1nnc(Nc2ccc(C(C)C)cc2)s1. The number of terminal acetylenes is 1. The molecule has 2 aromatic rings. The maximum absolute atomic E-state index is 11.5. The Balaban J connectivity index is 1.87. The Kier molecular flexibility index (Phi) is 6.44. The lowest BCUT2D eigenvalue weighted by Gasteiger charge is -2.06. The number of anilines is 2. The van der Waals surface area contributed by atoms with Gasteiger partial charge in [-0.1, -0.05) is 55.0 Å². The molecule has 0 bridgehead atoms. The van der Waals surface area contributed by atoms with E-state index >= 15 is 0 Å². The van der Waals surface area contributed by atoms with Gasteiger partial charge >= 0.3 is 0 Å². The fourth-order valence-corrected chi connectivity index (χ4v) is 3.32. The van der Waals surface area contributed by atoms with Gasteiger partial charge in [0.15, 0.2) is 4.34 Å². The zero-order valence-corrected chi connectivity index (χ0v) is 14.6. The molecule has 0 spiro atoms. The Hall–Kier alpha value is -2.04. The molecule has 1 aromatic heterocycles. The van der Waals surface area contributed by atoms with Gasteiger partial charge in [-0.05, 0) is 23.6 Å². The highest BCUT2D eigenvalue weighted by molar-refractivity contribution is 8.01. The average molecular weight is 346 g/mol. The predicted molar refractivity (Wildman–Crippen MR) is 96.3 cm³/mol. The predicted octanol–water partition coefficient (Wildman–Crippen LogP) is 3.25. The lowest BCUT2D eigenvalue weighted by molar-refractivity contribution is -0.118. The number of carbonyl (C=O) groups excluding carboxylic acids is 1. The van der Waals surface area contributed by atoms with Gasteiger partial charge in [-0.15, -0.1) is 16.6 Å². The number of amides is 1. The third-order valence-electron chi connectivity index (χ3n) is 2.95. The lowest BCUT2D eigenvalue weighted by atomic mass is 10.0. The van der Waals surface area contributed by atoms with Crippen LogP contribution in [0.4, 0.5) is 10.8 Å². The topological polar surface area (TPSA) is 66.9 Å². The summed E-state index contributed by atoms with van der Waals surface area (Å²) in [4.78, 5) is 11.5. The van der Waals surface area contributed by atoms with Crippen molar-refractivity contribution in [3.8, 4) is 12.3 Å². The minimum atomic E-state index is -0.109. The molecule has 23 heavy (non-hydrogen) atoms. The zero-order chi connectivity index (χ0) is 16.7. The molecule has 0 saturated heterocycles. The quantitative estimate of drug-likeness (QED) is 0.595. The third kappa shape index (κ3) is 5.58. The van der Waals surface area contributed by atoms with E-state index in [2.05, 4.69) is 52.7 Å². The smallest absolute Gasteiger partial charge is 0.231 e. The fourth-order valence-electron chi connectivity index (χ4n) is 1.72. The summed E-state index contributed by atoms with van der Waals surface area (Å²) in [5.74, 6) is 3.04. The molecule has 5 nitrogen and oxygen atoms in total. The van der Waals surface area contributed by atoms with Crippen LogP contribution in [-0.4, -0.2) is 28.4 Å². The maximum Gasteiger partial charge on any atom is 0.231 e. The van der Waals surface area contributed by atoms with E-state index in [4.69, 9.17) is 6.42 Å². The number of benzene rings is 1. The minimum Gasteiger partial charge on any atom is -0.344 e.